The topological polar surface area (TPSA) is 79.6 Å². The predicted molar refractivity (Wildman–Crippen MR) is 118 cm³/mol. The summed E-state index contributed by atoms with van der Waals surface area (Å²) in [6.45, 7) is 8.25. The van der Waals surface area contributed by atoms with Gasteiger partial charge >= 0.3 is 0 Å². The van der Waals surface area contributed by atoms with Gasteiger partial charge in [0.1, 0.15) is 5.70 Å². The first-order chi connectivity index (χ1) is 13.8. The minimum atomic E-state index is -0.159. The molecule has 1 aromatic heterocycles. The molecule has 0 saturated heterocycles. The summed E-state index contributed by atoms with van der Waals surface area (Å²) in [5, 5.41) is 7.75. The number of aromatic nitrogens is 2. The molecule has 0 atom stereocenters. The number of amidine groups is 1. The lowest BCUT2D eigenvalue weighted by molar-refractivity contribution is -0.122. The summed E-state index contributed by atoms with van der Waals surface area (Å²) in [5.74, 6) is -0.114. The van der Waals surface area contributed by atoms with Gasteiger partial charge in [-0.3, -0.25) is 19.2 Å². The molecule has 152 valence electrons. The van der Waals surface area contributed by atoms with E-state index in [0.717, 1.165) is 28.1 Å². The maximum absolute atomic E-state index is 12.7. The molecule has 0 unspecified atom stereocenters. The van der Waals surface area contributed by atoms with Crippen LogP contribution < -0.4 is 5.32 Å². The number of hydrogen-bond donors (Lipinski definition) is 1. The van der Waals surface area contributed by atoms with Crippen LogP contribution in [0.3, 0.4) is 0 Å². The molecule has 0 spiro atoms. The molecule has 0 bridgehead atoms. The number of carbonyl (C=O) groups is 2. The molecule has 8 heteroatoms. The Morgan fingerprint density at radius 3 is 2.66 bits per heavy atom. The molecule has 1 aliphatic rings. The first-order valence-corrected chi connectivity index (χ1v) is 10.4. The molecule has 0 saturated carbocycles. The molecule has 2 amide bonds. The van der Waals surface area contributed by atoms with Gasteiger partial charge in [0.25, 0.3) is 5.91 Å². The maximum Gasteiger partial charge on any atom is 0.278 e. The zero-order valence-corrected chi connectivity index (χ0v) is 18.1. The Bertz CT molecular complexity index is 1020. The summed E-state index contributed by atoms with van der Waals surface area (Å²) in [5.41, 5.74) is 5.01. The van der Waals surface area contributed by atoms with Crippen molar-refractivity contribution in [2.75, 3.05) is 17.6 Å². The van der Waals surface area contributed by atoms with Gasteiger partial charge in [0.05, 0.1) is 11.4 Å². The number of likely N-dealkylation sites (N-methyl/N-ethyl adjacent to an activating group) is 1. The van der Waals surface area contributed by atoms with E-state index in [0.29, 0.717) is 17.4 Å². The molecule has 3 rings (SSSR count). The van der Waals surface area contributed by atoms with E-state index in [4.69, 9.17) is 0 Å². The van der Waals surface area contributed by atoms with Gasteiger partial charge in [-0.15, -0.1) is 0 Å². The van der Waals surface area contributed by atoms with Crippen molar-refractivity contribution in [3.8, 4) is 0 Å². The Labute approximate surface area is 174 Å². The van der Waals surface area contributed by atoms with Crippen LogP contribution in [0.5, 0.6) is 0 Å². The fourth-order valence-electron chi connectivity index (χ4n) is 3.10. The van der Waals surface area contributed by atoms with E-state index < -0.39 is 0 Å². The SMILES string of the molecule is CCN1C(=O)C(=Cc2cn(C)nc2C)N=C1SCC(=O)Nc1ccc(C)cc1C. The van der Waals surface area contributed by atoms with Gasteiger partial charge in [0, 0.05) is 31.0 Å². The molecule has 1 aromatic carbocycles. The molecule has 7 nitrogen and oxygen atoms in total. The third kappa shape index (κ3) is 4.76. The van der Waals surface area contributed by atoms with Crippen LogP contribution in [-0.4, -0.2) is 44.0 Å². The lowest BCUT2D eigenvalue weighted by Crippen LogP contribution is -2.31. The Kier molecular flexibility index (Phi) is 6.22. The van der Waals surface area contributed by atoms with Crippen LogP contribution >= 0.6 is 11.8 Å². The highest BCUT2D eigenvalue weighted by Gasteiger charge is 2.30. The molecule has 2 heterocycles. The minimum absolute atomic E-state index is 0.131. The number of aryl methyl sites for hydroxylation is 4. The number of aliphatic imine (C=N–C) groups is 1. The van der Waals surface area contributed by atoms with Gasteiger partial charge < -0.3 is 5.32 Å². The second-order valence-corrected chi connectivity index (χ2v) is 7.91. The Hall–Kier alpha value is -2.87. The number of rotatable bonds is 5. The lowest BCUT2D eigenvalue weighted by atomic mass is 10.1. The van der Waals surface area contributed by atoms with E-state index >= 15 is 0 Å². The highest BCUT2D eigenvalue weighted by Crippen LogP contribution is 2.25. The quantitative estimate of drug-likeness (QED) is 0.766. The van der Waals surface area contributed by atoms with Gasteiger partial charge in [-0.05, 0) is 45.4 Å². The molecule has 0 radical (unpaired) electrons. The summed E-state index contributed by atoms with van der Waals surface area (Å²) in [7, 11) is 1.84. The normalized spacial score (nSPS) is 15.2. The zero-order chi connectivity index (χ0) is 21.1. The first kappa shape index (κ1) is 20.9. The van der Waals surface area contributed by atoms with Crippen molar-refractivity contribution >= 4 is 40.5 Å². The fourth-order valence-corrected chi connectivity index (χ4v) is 3.96. The summed E-state index contributed by atoms with van der Waals surface area (Å²) < 4.78 is 1.70. The largest absolute Gasteiger partial charge is 0.325 e. The third-order valence-electron chi connectivity index (χ3n) is 4.56. The van der Waals surface area contributed by atoms with E-state index in [9.17, 15) is 9.59 Å². The summed E-state index contributed by atoms with van der Waals surface area (Å²) in [6, 6.07) is 5.89. The zero-order valence-electron chi connectivity index (χ0n) is 17.3. The molecular weight excluding hydrogens is 386 g/mol. The van der Waals surface area contributed by atoms with Crippen molar-refractivity contribution in [3.05, 3.63) is 52.5 Å². The third-order valence-corrected chi connectivity index (χ3v) is 5.54. The molecule has 0 fully saturated rings. The van der Waals surface area contributed by atoms with Crippen molar-refractivity contribution in [2.24, 2.45) is 12.0 Å². The summed E-state index contributed by atoms with van der Waals surface area (Å²) in [6.07, 6.45) is 3.60. The van der Waals surface area contributed by atoms with Crippen molar-refractivity contribution < 1.29 is 9.59 Å². The number of benzene rings is 1. The second-order valence-electron chi connectivity index (χ2n) is 6.97. The van der Waals surface area contributed by atoms with E-state index in [2.05, 4.69) is 15.4 Å². The molecular formula is C21H25N5O2S. The van der Waals surface area contributed by atoms with Crippen LogP contribution in [-0.2, 0) is 16.6 Å². The van der Waals surface area contributed by atoms with E-state index in [1.54, 1.807) is 15.7 Å². The Balaban J connectivity index is 1.70. The van der Waals surface area contributed by atoms with Gasteiger partial charge in [-0.2, -0.15) is 5.10 Å². The van der Waals surface area contributed by atoms with Crippen molar-refractivity contribution in [1.29, 1.82) is 0 Å². The number of carbonyl (C=O) groups excluding carboxylic acids is 2. The predicted octanol–water partition coefficient (Wildman–Crippen LogP) is 3.28. The molecule has 2 aromatic rings. The van der Waals surface area contributed by atoms with Crippen LogP contribution in [0.2, 0.25) is 0 Å². The van der Waals surface area contributed by atoms with Crippen LogP contribution in [0.15, 0.2) is 35.1 Å². The van der Waals surface area contributed by atoms with E-state index in [-0.39, 0.29) is 17.6 Å². The van der Waals surface area contributed by atoms with Crippen molar-refractivity contribution in [3.63, 3.8) is 0 Å². The highest BCUT2D eigenvalue weighted by molar-refractivity contribution is 8.14. The summed E-state index contributed by atoms with van der Waals surface area (Å²) in [4.78, 5) is 31.1. The standard InChI is InChI=1S/C21H25N5O2S/c1-6-26-20(28)18(10-16-11-25(5)24-15(16)4)23-21(26)29-12-19(27)22-17-8-7-13(2)9-14(17)3/h7-11H,6,12H2,1-5H3,(H,22,27). The maximum atomic E-state index is 12.7. The number of nitrogens with zero attached hydrogens (tertiary/aromatic N) is 4. The van der Waals surface area contributed by atoms with E-state index in [1.165, 1.54) is 11.8 Å². The lowest BCUT2D eigenvalue weighted by Gasteiger charge is -2.15. The van der Waals surface area contributed by atoms with E-state index in [1.807, 2.05) is 59.1 Å². The number of thioether (sulfide) groups is 1. The Morgan fingerprint density at radius 1 is 1.28 bits per heavy atom. The fraction of sp³-hybridized carbons (Fsp3) is 0.333. The first-order valence-electron chi connectivity index (χ1n) is 9.41. The van der Waals surface area contributed by atoms with Gasteiger partial charge in [-0.1, -0.05) is 29.5 Å². The summed E-state index contributed by atoms with van der Waals surface area (Å²) >= 11 is 1.26. The van der Waals surface area contributed by atoms with Crippen LogP contribution in [0.4, 0.5) is 5.69 Å². The molecule has 1 N–H and O–H groups in total. The average molecular weight is 412 g/mol. The smallest absolute Gasteiger partial charge is 0.278 e. The number of hydrogen-bond acceptors (Lipinski definition) is 5. The van der Waals surface area contributed by atoms with Gasteiger partial charge in [-0.25, -0.2) is 4.99 Å². The molecule has 0 aliphatic carbocycles. The molecule has 1 aliphatic heterocycles. The van der Waals surface area contributed by atoms with Gasteiger partial charge in [0.2, 0.25) is 5.91 Å². The van der Waals surface area contributed by atoms with Crippen molar-refractivity contribution in [2.45, 2.75) is 27.7 Å². The minimum Gasteiger partial charge on any atom is -0.325 e. The highest BCUT2D eigenvalue weighted by atomic mass is 32.2. The number of nitrogens with one attached hydrogen (secondary N) is 1. The second kappa shape index (κ2) is 8.65. The monoisotopic (exact) mass is 411 g/mol. The van der Waals surface area contributed by atoms with Crippen LogP contribution in [0.25, 0.3) is 6.08 Å². The number of amides is 2. The van der Waals surface area contributed by atoms with Crippen LogP contribution in [0, 0.1) is 20.8 Å². The van der Waals surface area contributed by atoms with Gasteiger partial charge in [0.15, 0.2) is 5.17 Å². The van der Waals surface area contributed by atoms with Crippen molar-refractivity contribution in [1.82, 2.24) is 14.7 Å². The number of anilines is 1. The Morgan fingerprint density at radius 2 is 2.03 bits per heavy atom. The molecule has 29 heavy (non-hydrogen) atoms. The average Bonchev–Trinajstić information content (AvgIpc) is 3.14. The van der Waals surface area contributed by atoms with Crippen LogP contribution in [0.1, 0.15) is 29.3 Å².